The van der Waals surface area contributed by atoms with E-state index in [0.717, 1.165) is 17.5 Å². The van der Waals surface area contributed by atoms with Gasteiger partial charge in [-0.3, -0.25) is 14.4 Å². The molecule has 1 heterocycles. The summed E-state index contributed by atoms with van der Waals surface area (Å²) < 4.78 is 4.78. The predicted octanol–water partition coefficient (Wildman–Crippen LogP) is 4.25. The molecule has 6 nitrogen and oxygen atoms in total. The van der Waals surface area contributed by atoms with Crippen LogP contribution < -0.4 is 5.32 Å². The van der Waals surface area contributed by atoms with Gasteiger partial charge in [0, 0.05) is 23.5 Å². The highest BCUT2D eigenvalue weighted by molar-refractivity contribution is 6.34. The Hall–Kier alpha value is -2.57. The fourth-order valence-electron chi connectivity index (χ4n) is 3.96. The summed E-state index contributed by atoms with van der Waals surface area (Å²) in [5.74, 6) is -0.854. The molecule has 0 aliphatic carbocycles. The fourth-order valence-corrected chi connectivity index (χ4v) is 4.50. The summed E-state index contributed by atoms with van der Waals surface area (Å²) in [6, 6.07) is 11.7. The number of hydrogen-bond donors (Lipinski definition) is 1. The molecule has 1 aliphatic heterocycles. The zero-order valence-electron chi connectivity index (χ0n) is 17.4. The number of hydrogen-bond acceptors (Lipinski definition) is 4. The van der Waals surface area contributed by atoms with E-state index in [9.17, 15) is 14.4 Å². The lowest BCUT2D eigenvalue weighted by atomic mass is 9.90. The van der Waals surface area contributed by atoms with Crippen molar-refractivity contribution < 1.29 is 19.1 Å². The van der Waals surface area contributed by atoms with E-state index in [1.165, 1.54) is 14.0 Å². The Kier molecular flexibility index (Phi) is 7.57. The summed E-state index contributed by atoms with van der Waals surface area (Å²) in [5, 5.41) is 3.69. The van der Waals surface area contributed by atoms with Gasteiger partial charge in [0.1, 0.15) is 0 Å². The van der Waals surface area contributed by atoms with Crippen LogP contribution in [0, 0.1) is 0 Å². The maximum absolute atomic E-state index is 13.0. The van der Waals surface area contributed by atoms with Gasteiger partial charge in [0.15, 0.2) is 0 Å². The molecule has 0 bridgehead atoms. The SMILES string of the molecule is COC(=O)C[C@H](NC(=O)CC1c2ccccc2CCN1C(C)=O)c1cc(Cl)cc(Cl)c1. The van der Waals surface area contributed by atoms with Crippen LogP contribution in [0.4, 0.5) is 0 Å². The largest absolute Gasteiger partial charge is 0.469 e. The molecule has 8 heteroatoms. The molecule has 3 rings (SSSR count). The first-order valence-corrected chi connectivity index (χ1v) is 10.7. The van der Waals surface area contributed by atoms with Crippen molar-refractivity contribution in [2.75, 3.05) is 13.7 Å². The summed E-state index contributed by atoms with van der Waals surface area (Å²) in [6.45, 7) is 2.06. The lowest BCUT2D eigenvalue weighted by Gasteiger charge is -2.36. The highest BCUT2D eigenvalue weighted by Gasteiger charge is 2.31. The summed E-state index contributed by atoms with van der Waals surface area (Å²) in [5.41, 5.74) is 2.70. The van der Waals surface area contributed by atoms with Crippen LogP contribution in [0.5, 0.6) is 0 Å². The second-order valence-electron chi connectivity index (χ2n) is 7.48. The number of benzene rings is 2. The standard InChI is InChI=1S/C23H24Cl2N2O4/c1-14(28)27-8-7-15-5-3-4-6-19(15)21(27)13-22(29)26-20(12-23(30)31-2)16-9-17(24)11-18(25)10-16/h3-6,9-11,20-21H,7-8,12-13H2,1-2H3,(H,26,29)/t20-,21?/m0/s1. The van der Waals surface area contributed by atoms with Crippen molar-refractivity contribution in [1.29, 1.82) is 0 Å². The molecular weight excluding hydrogens is 439 g/mol. The summed E-state index contributed by atoms with van der Waals surface area (Å²) in [7, 11) is 1.29. The van der Waals surface area contributed by atoms with Crippen LogP contribution in [-0.4, -0.2) is 36.3 Å². The van der Waals surface area contributed by atoms with Crippen molar-refractivity contribution in [3.8, 4) is 0 Å². The number of ether oxygens (including phenoxy) is 1. The minimum Gasteiger partial charge on any atom is -0.469 e. The Morgan fingerprint density at radius 2 is 1.84 bits per heavy atom. The third-order valence-corrected chi connectivity index (χ3v) is 5.85. The van der Waals surface area contributed by atoms with E-state index in [1.54, 1.807) is 23.1 Å². The van der Waals surface area contributed by atoms with Crippen molar-refractivity contribution >= 4 is 41.0 Å². The number of rotatable bonds is 6. The number of carbonyl (C=O) groups is 3. The van der Waals surface area contributed by atoms with Crippen molar-refractivity contribution in [1.82, 2.24) is 10.2 Å². The van der Waals surface area contributed by atoms with E-state index in [4.69, 9.17) is 27.9 Å². The molecule has 1 aliphatic rings. The van der Waals surface area contributed by atoms with Crippen LogP contribution in [0.1, 0.15) is 48.5 Å². The average Bonchev–Trinajstić information content (AvgIpc) is 2.72. The number of nitrogens with one attached hydrogen (secondary N) is 1. The highest BCUT2D eigenvalue weighted by atomic mass is 35.5. The first-order chi connectivity index (χ1) is 14.8. The van der Waals surface area contributed by atoms with Gasteiger partial charge >= 0.3 is 5.97 Å². The molecule has 2 atom stereocenters. The number of nitrogens with zero attached hydrogens (tertiary/aromatic N) is 1. The average molecular weight is 463 g/mol. The Morgan fingerprint density at radius 3 is 2.48 bits per heavy atom. The molecule has 0 aromatic heterocycles. The maximum atomic E-state index is 13.0. The van der Waals surface area contributed by atoms with Gasteiger partial charge in [-0.2, -0.15) is 0 Å². The Balaban J connectivity index is 1.84. The van der Waals surface area contributed by atoms with Crippen molar-refractivity contribution in [3.63, 3.8) is 0 Å². The maximum Gasteiger partial charge on any atom is 0.307 e. The van der Waals surface area contributed by atoms with Gasteiger partial charge in [-0.25, -0.2) is 0 Å². The number of fused-ring (bicyclic) bond motifs is 1. The van der Waals surface area contributed by atoms with Gasteiger partial charge in [-0.1, -0.05) is 47.5 Å². The van der Waals surface area contributed by atoms with Gasteiger partial charge in [0.05, 0.1) is 32.0 Å². The molecule has 0 saturated carbocycles. The summed E-state index contributed by atoms with van der Waals surface area (Å²) in [4.78, 5) is 38.9. The third kappa shape index (κ3) is 5.77. The molecular formula is C23H24Cl2N2O4. The van der Waals surface area contributed by atoms with E-state index >= 15 is 0 Å². The minimum atomic E-state index is -0.666. The first-order valence-electron chi connectivity index (χ1n) is 9.95. The topological polar surface area (TPSA) is 75.7 Å². The number of carbonyl (C=O) groups excluding carboxylic acids is 3. The second kappa shape index (κ2) is 10.2. The summed E-state index contributed by atoms with van der Waals surface area (Å²) in [6.07, 6.45) is 0.749. The highest BCUT2D eigenvalue weighted by Crippen LogP contribution is 2.33. The molecule has 2 aromatic rings. The van der Waals surface area contributed by atoms with Crippen LogP contribution in [0.2, 0.25) is 10.0 Å². The van der Waals surface area contributed by atoms with E-state index in [-0.39, 0.29) is 30.7 Å². The van der Waals surface area contributed by atoms with Crippen molar-refractivity contribution in [2.45, 2.75) is 38.3 Å². The smallest absolute Gasteiger partial charge is 0.307 e. The molecule has 31 heavy (non-hydrogen) atoms. The van der Waals surface area contributed by atoms with E-state index in [2.05, 4.69) is 5.32 Å². The number of halogens is 2. The Morgan fingerprint density at radius 1 is 1.16 bits per heavy atom. The van der Waals surface area contributed by atoms with Crippen LogP contribution in [0.15, 0.2) is 42.5 Å². The molecule has 0 radical (unpaired) electrons. The number of esters is 1. The second-order valence-corrected chi connectivity index (χ2v) is 8.36. The van der Waals surface area contributed by atoms with Gasteiger partial charge in [0.2, 0.25) is 11.8 Å². The van der Waals surface area contributed by atoms with Crippen LogP contribution in [0.3, 0.4) is 0 Å². The van der Waals surface area contributed by atoms with Crippen molar-refractivity contribution in [3.05, 3.63) is 69.2 Å². The first kappa shape index (κ1) is 23.1. The third-order valence-electron chi connectivity index (χ3n) is 5.42. The van der Waals surface area contributed by atoms with E-state index in [1.807, 2.05) is 24.3 Å². The number of methoxy groups -OCH3 is 1. The van der Waals surface area contributed by atoms with Gasteiger partial charge in [-0.15, -0.1) is 0 Å². The van der Waals surface area contributed by atoms with Crippen LogP contribution in [0.25, 0.3) is 0 Å². The Labute approximate surface area is 191 Å². The molecule has 2 amide bonds. The number of amides is 2. The predicted molar refractivity (Wildman–Crippen MR) is 119 cm³/mol. The molecule has 0 fully saturated rings. The van der Waals surface area contributed by atoms with E-state index < -0.39 is 12.0 Å². The lowest BCUT2D eigenvalue weighted by molar-refractivity contribution is -0.141. The molecule has 1 unspecified atom stereocenters. The lowest BCUT2D eigenvalue weighted by Crippen LogP contribution is -2.41. The van der Waals surface area contributed by atoms with E-state index in [0.29, 0.717) is 22.2 Å². The van der Waals surface area contributed by atoms with Gasteiger partial charge < -0.3 is 15.0 Å². The van der Waals surface area contributed by atoms with Gasteiger partial charge in [0.25, 0.3) is 0 Å². The summed E-state index contributed by atoms with van der Waals surface area (Å²) >= 11 is 12.2. The Bertz CT molecular complexity index is 975. The zero-order chi connectivity index (χ0) is 22.5. The van der Waals surface area contributed by atoms with Crippen LogP contribution in [-0.2, 0) is 25.5 Å². The quantitative estimate of drug-likeness (QED) is 0.650. The molecule has 0 spiro atoms. The molecule has 1 N–H and O–H groups in total. The molecule has 2 aromatic carbocycles. The normalized spacial score (nSPS) is 16.3. The van der Waals surface area contributed by atoms with Crippen molar-refractivity contribution in [2.24, 2.45) is 0 Å². The minimum absolute atomic E-state index is 0.0720. The monoisotopic (exact) mass is 462 g/mol. The molecule has 164 valence electrons. The molecule has 0 saturated heterocycles. The zero-order valence-corrected chi connectivity index (χ0v) is 18.9. The van der Waals surface area contributed by atoms with Gasteiger partial charge in [-0.05, 0) is 41.3 Å². The van der Waals surface area contributed by atoms with Crippen LogP contribution >= 0.6 is 23.2 Å². The fraction of sp³-hybridized carbons (Fsp3) is 0.348.